The lowest BCUT2D eigenvalue weighted by molar-refractivity contribution is -0.125. The van der Waals surface area contributed by atoms with Crippen molar-refractivity contribution in [1.29, 1.82) is 0 Å². The summed E-state index contributed by atoms with van der Waals surface area (Å²) in [6.07, 6.45) is 1.86. The zero-order chi connectivity index (χ0) is 12.3. The molecule has 1 heterocycles. The fraction of sp³-hybridized carbons (Fsp3) is 0.462. The SMILES string of the molecule is CC1(C(=O)Nc2cccc(F)c2)CCCNC1.Cl. The van der Waals surface area contributed by atoms with Crippen molar-refractivity contribution in [2.75, 3.05) is 18.4 Å². The number of rotatable bonds is 2. The number of hydrogen-bond donors (Lipinski definition) is 2. The first-order valence-electron chi connectivity index (χ1n) is 5.88. The molecule has 1 saturated heterocycles. The lowest BCUT2D eigenvalue weighted by Crippen LogP contribution is -2.46. The van der Waals surface area contributed by atoms with Crippen LogP contribution in [-0.2, 0) is 4.79 Å². The summed E-state index contributed by atoms with van der Waals surface area (Å²) in [6, 6.07) is 5.98. The second-order valence-corrected chi connectivity index (χ2v) is 4.81. The van der Waals surface area contributed by atoms with Crippen LogP contribution < -0.4 is 10.6 Å². The molecule has 0 saturated carbocycles. The maximum atomic E-state index is 13.0. The fourth-order valence-corrected chi connectivity index (χ4v) is 2.10. The average Bonchev–Trinajstić information content (AvgIpc) is 2.30. The van der Waals surface area contributed by atoms with Crippen molar-refractivity contribution in [3.8, 4) is 0 Å². The molecule has 18 heavy (non-hydrogen) atoms. The van der Waals surface area contributed by atoms with E-state index in [2.05, 4.69) is 10.6 Å². The van der Waals surface area contributed by atoms with Gasteiger partial charge < -0.3 is 10.6 Å². The molecule has 2 rings (SSSR count). The standard InChI is InChI=1S/C13H17FN2O.ClH/c1-13(6-3-7-15-9-13)12(17)16-11-5-2-4-10(14)8-11;/h2,4-5,8,15H,3,6-7,9H2,1H3,(H,16,17);1H. The molecule has 1 amide bonds. The van der Waals surface area contributed by atoms with Gasteiger partial charge in [0.2, 0.25) is 5.91 Å². The Labute approximate surface area is 113 Å². The Morgan fingerprint density at radius 1 is 1.50 bits per heavy atom. The Morgan fingerprint density at radius 3 is 2.89 bits per heavy atom. The Bertz CT molecular complexity index is 419. The molecule has 0 radical (unpaired) electrons. The summed E-state index contributed by atoms with van der Waals surface area (Å²) in [5, 5.41) is 5.99. The van der Waals surface area contributed by atoms with Crippen molar-refractivity contribution in [2.24, 2.45) is 5.41 Å². The second kappa shape index (κ2) is 6.16. The molecular formula is C13H18ClFN2O. The van der Waals surface area contributed by atoms with Gasteiger partial charge in [0.25, 0.3) is 0 Å². The van der Waals surface area contributed by atoms with Crippen LogP contribution in [0.3, 0.4) is 0 Å². The Kier molecular flexibility index (Phi) is 5.11. The summed E-state index contributed by atoms with van der Waals surface area (Å²) in [6.45, 7) is 3.57. The summed E-state index contributed by atoms with van der Waals surface area (Å²) < 4.78 is 13.0. The van der Waals surface area contributed by atoms with E-state index < -0.39 is 5.41 Å². The van der Waals surface area contributed by atoms with Gasteiger partial charge in [-0.15, -0.1) is 12.4 Å². The molecule has 2 N–H and O–H groups in total. The average molecular weight is 273 g/mol. The maximum absolute atomic E-state index is 13.0. The number of amides is 1. The third-order valence-corrected chi connectivity index (χ3v) is 3.23. The van der Waals surface area contributed by atoms with Crippen LogP contribution >= 0.6 is 12.4 Å². The van der Waals surface area contributed by atoms with Gasteiger partial charge in [0.05, 0.1) is 5.41 Å². The van der Waals surface area contributed by atoms with E-state index in [9.17, 15) is 9.18 Å². The first-order chi connectivity index (χ1) is 8.10. The first kappa shape index (κ1) is 14.9. The van der Waals surface area contributed by atoms with E-state index in [4.69, 9.17) is 0 Å². The minimum atomic E-state index is -0.398. The normalized spacial score (nSPS) is 23.0. The fourth-order valence-electron chi connectivity index (χ4n) is 2.10. The van der Waals surface area contributed by atoms with Gasteiger partial charge >= 0.3 is 0 Å². The molecule has 1 aliphatic rings. The second-order valence-electron chi connectivity index (χ2n) is 4.81. The Morgan fingerprint density at radius 2 is 2.28 bits per heavy atom. The number of carbonyl (C=O) groups excluding carboxylic acids is 1. The van der Waals surface area contributed by atoms with Crippen molar-refractivity contribution in [3.63, 3.8) is 0 Å². The molecule has 1 unspecified atom stereocenters. The monoisotopic (exact) mass is 272 g/mol. The molecule has 1 aromatic rings. The maximum Gasteiger partial charge on any atom is 0.231 e. The number of nitrogens with one attached hydrogen (secondary N) is 2. The minimum Gasteiger partial charge on any atom is -0.325 e. The number of benzene rings is 1. The van der Waals surface area contributed by atoms with Crippen LogP contribution in [0.25, 0.3) is 0 Å². The van der Waals surface area contributed by atoms with E-state index in [-0.39, 0.29) is 24.1 Å². The van der Waals surface area contributed by atoms with Crippen LogP contribution in [0.15, 0.2) is 24.3 Å². The van der Waals surface area contributed by atoms with Gasteiger partial charge in [-0.1, -0.05) is 6.07 Å². The van der Waals surface area contributed by atoms with E-state index in [0.29, 0.717) is 12.2 Å². The molecule has 3 nitrogen and oxygen atoms in total. The van der Waals surface area contributed by atoms with Crippen LogP contribution in [-0.4, -0.2) is 19.0 Å². The first-order valence-corrected chi connectivity index (χ1v) is 5.88. The molecule has 1 atom stereocenters. The summed E-state index contributed by atoms with van der Waals surface area (Å²) in [5.41, 5.74) is 0.117. The van der Waals surface area contributed by atoms with E-state index >= 15 is 0 Å². The number of piperidine rings is 1. The highest BCUT2D eigenvalue weighted by Crippen LogP contribution is 2.27. The number of hydrogen-bond acceptors (Lipinski definition) is 2. The number of carbonyl (C=O) groups is 1. The minimum absolute atomic E-state index is 0. The lowest BCUT2D eigenvalue weighted by atomic mass is 9.82. The predicted molar refractivity (Wildman–Crippen MR) is 72.5 cm³/mol. The van der Waals surface area contributed by atoms with Gasteiger partial charge in [-0.3, -0.25) is 4.79 Å². The molecule has 0 spiro atoms. The van der Waals surface area contributed by atoms with Crippen molar-refractivity contribution < 1.29 is 9.18 Å². The van der Waals surface area contributed by atoms with Crippen LogP contribution in [0.1, 0.15) is 19.8 Å². The topological polar surface area (TPSA) is 41.1 Å². The summed E-state index contributed by atoms with van der Waals surface area (Å²) in [4.78, 5) is 12.1. The third kappa shape index (κ3) is 3.43. The molecule has 0 aliphatic carbocycles. The van der Waals surface area contributed by atoms with E-state index in [1.807, 2.05) is 6.92 Å². The third-order valence-electron chi connectivity index (χ3n) is 3.23. The van der Waals surface area contributed by atoms with Gasteiger partial charge in [0.15, 0.2) is 0 Å². The smallest absolute Gasteiger partial charge is 0.231 e. The molecular weight excluding hydrogens is 255 g/mol. The highest BCUT2D eigenvalue weighted by molar-refractivity contribution is 5.95. The van der Waals surface area contributed by atoms with E-state index in [0.717, 1.165) is 19.4 Å². The van der Waals surface area contributed by atoms with E-state index in [1.54, 1.807) is 12.1 Å². The van der Waals surface area contributed by atoms with Gasteiger partial charge in [0, 0.05) is 12.2 Å². The molecule has 1 fully saturated rings. The summed E-state index contributed by atoms with van der Waals surface area (Å²) in [7, 11) is 0. The quantitative estimate of drug-likeness (QED) is 0.869. The highest BCUT2D eigenvalue weighted by atomic mass is 35.5. The number of anilines is 1. The van der Waals surface area contributed by atoms with Crippen LogP contribution in [0.2, 0.25) is 0 Å². The summed E-state index contributed by atoms with van der Waals surface area (Å²) in [5.74, 6) is -0.384. The lowest BCUT2D eigenvalue weighted by Gasteiger charge is -2.32. The molecule has 0 aromatic heterocycles. The Hall–Kier alpha value is -1.13. The molecule has 100 valence electrons. The predicted octanol–water partition coefficient (Wildman–Crippen LogP) is 2.58. The van der Waals surface area contributed by atoms with Crippen molar-refractivity contribution in [1.82, 2.24) is 5.32 Å². The zero-order valence-corrected chi connectivity index (χ0v) is 11.1. The van der Waals surface area contributed by atoms with Gasteiger partial charge in [-0.2, -0.15) is 0 Å². The molecule has 1 aliphatic heterocycles. The van der Waals surface area contributed by atoms with Gasteiger partial charge in [-0.05, 0) is 44.5 Å². The largest absolute Gasteiger partial charge is 0.325 e. The molecule has 0 bridgehead atoms. The Balaban J connectivity index is 0.00000162. The molecule has 1 aromatic carbocycles. The van der Waals surface area contributed by atoms with Gasteiger partial charge in [-0.25, -0.2) is 4.39 Å². The van der Waals surface area contributed by atoms with Crippen molar-refractivity contribution in [2.45, 2.75) is 19.8 Å². The molecule has 5 heteroatoms. The summed E-state index contributed by atoms with van der Waals surface area (Å²) >= 11 is 0. The zero-order valence-electron chi connectivity index (χ0n) is 10.3. The van der Waals surface area contributed by atoms with E-state index in [1.165, 1.54) is 12.1 Å². The van der Waals surface area contributed by atoms with Crippen LogP contribution in [0.5, 0.6) is 0 Å². The van der Waals surface area contributed by atoms with Crippen molar-refractivity contribution in [3.05, 3.63) is 30.1 Å². The number of halogens is 2. The van der Waals surface area contributed by atoms with Gasteiger partial charge in [0.1, 0.15) is 5.82 Å². The van der Waals surface area contributed by atoms with Crippen LogP contribution in [0, 0.1) is 11.2 Å². The van der Waals surface area contributed by atoms with Crippen molar-refractivity contribution >= 4 is 24.0 Å². The van der Waals surface area contributed by atoms with Crippen LogP contribution in [0.4, 0.5) is 10.1 Å². The highest BCUT2D eigenvalue weighted by Gasteiger charge is 2.34.